The molecular formula is C11H23N3OS. The Balaban J connectivity index is 2.17. The number of ether oxygens (including phenoxy) is 1. The van der Waals surface area contributed by atoms with E-state index in [-0.39, 0.29) is 0 Å². The number of piperidine rings is 1. The first kappa shape index (κ1) is 13.7. The minimum atomic E-state index is 0.497. The van der Waals surface area contributed by atoms with Crippen molar-refractivity contribution < 1.29 is 4.74 Å². The summed E-state index contributed by atoms with van der Waals surface area (Å²) in [5.41, 5.74) is 0. The molecule has 1 unspecified atom stereocenters. The normalized spacial score (nSPS) is 21.8. The molecule has 0 amide bonds. The first-order valence-corrected chi connectivity index (χ1v) is 6.42. The summed E-state index contributed by atoms with van der Waals surface area (Å²) in [6.07, 6.45) is 2.47. The Kier molecular flexibility index (Phi) is 6.68. The van der Waals surface area contributed by atoms with E-state index in [4.69, 9.17) is 17.0 Å². The Hall–Kier alpha value is -0.390. The Morgan fingerprint density at radius 2 is 2.38 bits per heavy atom. The van der Waals surface area contributed by atoms with Crippen LogP contribution < -0.4 is 10.6 Å². The van der Waals surface area contributed by atoms with Gasteiger partial charge in [-0.05, 0) is 38.1 Å². The molecule has 16 heavy (non-hydrogen) atoms. The van der Waals surface area contributed by atoms with Crippen LogP contribution in [0.5, 0.6) is 0 Å². The highest BCUT2D eigenvalue weighted by atomic mass is 32.1. The van der Waals surface area contributed by atoms with Crippen molar-refractivity contribution in [2.45, 2.75) is 25.8 Å². The van der Waals surface area contributed by atoms with E-state index >= 15 is 0 Å². The molecule has 1 atom stereocenters. The highest BCUT2D eigenvalue weighted by Gasteiger charge is 2.18. The van der Waals surface area contributed by atoms with Crippen LogP contribution >= 0.6 is 12.2 Å². The molecular weight excluding hydrogens is 222 g/mol. The zero-order valence-corrected chi connectivity index (χ0v) is 11.1. The molecule has 1 fully saturated rings. The fraction of sp³-hybridized carbons (Fsp3) is 0.909. The second-order valence-electron chi connectivity index (χ2n) is 4.13. The number of likely N-dealkylation sites (tertiary alicyclic amines) is 1. The first-order valence-electron chi connectivity index (χ1n) is 6.02. The van der Waals surface area contributed by atoms with Crippen LogP contribution in [0.4, 0.5) is 0 Å². The zero-order chi connectivity index (χ0) is 11.8. The smallest absolute Gasteiger partial charge is 0.166 e. The minimum Gasteiger partial charge on any atom is -0.383 e. The summed E-state index contributed by atoms with van der Waals surface area (Å²) in [5, 5.41) is 7.26. The predicted molar refractivity (Wildman–Crippen MR) is 70.7 cm³/mol. The van der Waals surface area contributed by atoms with Crippen molar-refractivity contribution in [3.05, 3.63) is 0 Å². The summed E-state index contributed by atoms with van der Waals surface area (Å²) in [6.45, 7) is 7.11. The van der Waals surface area contributed by atoms with Gasteiger partial charge in [-0.3, -0.25) is 0 Å². The average molecular weight is 245 g/mol. The lowest BCUT2D eigenvalue weighted by molar-refractivity contribution is 0.201. The molecule has 2 N–H and O–H groups in total. The summed E-state index contributed by atoms with van der Waals surface area (Å²) in [7, 11) is 1.69. The standard InChI is InChI=1S/C11H23N3OS/c1-3-14-7-4-5-10(9-14)13-11(16)12-6-8-15-2/h10H,3-9H2,1-2H3,(H2,12,13,16). The number of rotatable bonds is 5. The molecule has 0 radical (unpaired) electrons. The first-order chi connectivity index (χ1) is 7.76. The number of hydrogen-bond donors (Lipinski definition) is 2. The summed E-state index contributed by atoms with van der Waals surface area (Å²) in [6, 6.07) is 0.497. The Morgan fingerprint density at radius 3 is 3.06 bits per heavy atom. The third-order valence-electron chi connectivity index (χ3n) is 2.88. The third kappa shape index (κ3) is 5.09. The molecule has 0 aromatic rings. The molecule has 0 aromatic carbocycles. The molecule has 1 heterocycles. The van der Waals surface area contributed by atoms with Crippen molar-refractivity contribution in [1.29, 1.82) is 0 Å². The number of likely N-dealkylation sites (N-methyl/N-ethyl adjacent to an activating group) is 1. The zero-order valence-electron chi connectivity index (χ0n) is 10.3. The molecule has 0 bridgehead atoms. The number of methoxy groups -OCH3 is 1. The van der Waals surface area contributed by atoms with Crippen molar-refractivity contribution in [3.63, 3.8) is 0 Å². The molecule has 1 saturated heterocycles. The minimum absolute atomic E-state index is 0.497. The van der Waals surface area contributed by atoms with Gasteiger partial charge in [-0.2, -0.15) is 0 Å². The molecule has 1 aliphatic rings. The van der Waals surface area contributed by atoms with Gasteiger partial charge in [0.05, 0.1) is 6.61 Å². The van der Waals surface area contributed by atoms with Crippen molar-refractivity contribution in [3.8, 4) is 0 Å². The molecule has 5 heteroatoms. The van der Waals surface area contributed by atoms with Crippen molar-refractivity contribution in [1.82, 2.24) is 15.5 Å². The van der Waals surface area contributed by atoms with E-state index in [1.165, 1.54) is 19.4 Å². The Morgan fingerprint density at radius 1 is 1.56 bits per heavy atom. The number of nitrogens with zero attached hydrogens (tertiary/aromatic N) is 1. The topological polar surface area (TPSA) is 36.5 Å². The monoisotopic (exact) mass is 245 g/mol. The van der Waals surface area contributed by atoms with Gasteiger partial charge in [-0.1, -0.05) is 6.92 Å². The molecule has 0 saturated carbocycles. The molecule has 4 nitrogen and oxygen atoms in total. The fourth-order valence-electron chi connectivity index (χ4n) is 1.96. The molecule has 1 rings (SSSR count). The number of thiocarbonyl (C=S) groups is 1. The fourth-order valence-corrected chi connectivity index (χ4v) is 2.23. The van der Waals surface area contributed by atoms with E-state index < -0.39 is 0 Å². The van der Waals surface area contributed by atoms with Gasteiger partial charge in [0.25, 0.3) is 0 Å². The van der Waals surface area contributed by atoms with Gasteiger partial charge in [-0.15, -0.1) is 0 Å². The summed E-state index contributed by atoms with van der Waals surface area (Å²) >= 11 is 5.23. The van der Waals surface area contributed by atoms with Crippen molar-refractivity contribution in [2.75, 3.05) is 39.9 Å². The lowest BCUT2D eigenvalue weighted by Crippen LogP contribution is -2.50. The van der Waals surface area contributed by atoms with Gasteiger partial charge in [0.1, 0.15) is 0 Å². The van der Waals surface area contributed by atoms with Gasteiger partial charge in [-0.25, -0.2) is 0 Å². The summed E-state index contributed by atoms with van der Waals surface area (Å²) < 4.78 is 4.96. The van der Waals surface area contributed by atoms with Crippen LogP contribution in [0.3, 0.4) is 0 Å². The van der Waals surface area contributed by atoms with Crippen LogP contribution in [0.1, 0.15) is 19.8 Å². The summed E-state index contributed by atoms with van der Waals surface area (Å²) in [5.74, 6) is 0. The van der Waals surface area contributed by atoms with E-state index in [1.54, 1.807) is 7.11 Å². The van der Waals surface area contributed by atoms with Crippen LogP contribution in [-0.2, 0) is 4.74 Å². The highest BCUT2D eigenvalue weighted by Crippen LogP contribution is 2.09. The quantitative estimate of drug-likeness (QED) is 0.547. The maximum atomic E-state index is 5.23. The van der Waals surface area contributed by atoms with E-state index in [9.17, 15) is 0 Å². The lowest BCUT2D eigenvalue weighted by atomic mass is 10.1. The van der Waals surface area contributed by atoms with Gasteiger partial charge >= 0.3 is 0 Å². The maximum Gasteiger partial charge on any atom is 0.166 e. The second-order valence-corrected chi connectivity index (χ2v) is 4.53. The summed E-state index contributed by atoms with van der Waals surface area (Å²) in [4.78, 5) is 2.46. The third-order valence-corrected chi connectivity index (χ3v) is 3.14. The van der Waals surface area contributed by atoms with Crippen LogP contribution in [0, 0.1) is 0 Å². The highest BCUT2D eigenvalue weighted by molar-refractivity contribution is 7.80. The van der Waals surface area contributed by atoms with Crippen molar-refractivity contribution in [2.24, 2.45) is 0 Å². The van der Waals surface area contributed by atoms with Crippen LogP contribution in [0.25, 0.3) is 0 Å². The molecule has 1 aliphatic heterocycles. The van der Waals surface area contributed by atoms with E-state index in [2.05, 4.69) is 22.5 Å². The number of hydrogen-bond acceptors (Lipinski definition) is 3. The van der Waals surface area contributed by atoms with E-state index in [1.807, 2.05) is 0 Å². The van der Waals surface area contributed by atoms with Gasteiger partial charge in [0.15, 0.2) is 5.11 Å². The average Bonchev–Trinajstić information content (AvgIpc) is 2.29. The number of nitrogens with one attached hydrogen (secondary N) is 2. The Labute approximate surface area is 104 Å². The largest absolute Gasteiger partial charge is 0.383 e. The van der Waals surface area contributed by atoms with Crippen molar-refractivity contribution >= 4 is 17.3 Å². The molecule has 94 valence electrons. The molecule has 0 aliphatic carbocycles. The van der Waals surface area contributed by atoms with Crippen LogP contribution in [0.15, 0.2) is 0 Å². The lowest BCUT2D eigenvalue weighted by Gasteiger charge is -2.32. The molecule has 0 aromatic heterocycles. The van der Waals surface area contributed by atoms with E-state index in [0.717, 1.165) is 24.7 Å². The van der Waals surface area contributed by atoms with Crippen LogP contribution in [0.2, 0.25) is 0 Å². The molecule has 0 spiro atoms. The van der Waals surface area contributed by atoms with Gasteiger partial charge in [0, 0.05) is 26.2 Å². The van der Waals surface area contributed by atoms with Gasteiger partial charge in [0.2, 0.25) is 0 Å². The van der Waals surface area contributed by atoms with Crippen LogP contribution in [-0.4, -0.2) is 55.9 Å². The second kappa shape index (κ2) is 7.81. The Bertz CT molecular complexity index is 213. The van der Waals surface area contributed by atoms with Gasteiger partial charge < -0.3 is 20.3 Å². The predicted octanol–water partition coefficient (Wildman–Crippen LogP) is 0.581. The SMILES string of the molecule is CCN1CCCC(NC(=S)NCCOC)C1. The van der Waals surface area contributed by atoms with E-state index in [0.29, 0.717) is 12.6 Å². The maximum absolute atomic E-state index is 5.23.